The molecule has 3 rings (SSSR count). The molecule has 0 aliphatic carbocycles. The first-order valence-corrected chi connectivity index (χ1v) is 8.44. The number of aromatic hydroxyl groups is 1. The van der Waals surface area contributed by atoms with Crippen molar-refractivity contribution < 1.29 is 9.84 Å². The van der Waals surface area contributed by atoms with Crippen LogP contribution < -0.4 is 4.74 Å². The van der Waals surface area contributed by atoms with E-state index in [1.54, 1.807) is 18.3 Å². The molecule has 122 valence electrons. The molecule has 0 bridgehead atoms. The van der Waals surface area contributed by atoms with Gasteiger partial charge in [-0.3, -0.25) is 4.99 Å². The number of rotatable bonds is 6. The maximum absolute atomic E-state index is 10.3. The molecule has 0 saturated heterocycles. The summed E-state index contributed by atoms with van der Waals surface area (Å²) < 4.78 is 5.79. The minimum Gasteiger partial charge on any atom is -0.504 e. The SMILES string of the molecule is Oc1c(C=NCCS)cccc1OCc1ccc2ccccc2c1. The summed E-state index contributed by atoms with van der Waals surface area (Å²) in [5, 5.41) is 12.7. The van der Waals surface area contributed by atoms with Crippen molar-refractivity contribution in [2.45, 2.75) is 6.61 Å². The Hall–Kier alpha value is -2.46. The monoisotopic (exact) mass is 337 g/mol. The Labute approximate surface area is 147 Å². The van der Waals surface area contributed by atoms with Crippen molar-refractivity contribution in [3.63, 3.8) is 0 Å². The third-order valence-corrected chi connectivity index (χ3v) is 3.90. The summed E-state index contributed by atoms with van der Waals surface area (Å²) in [6, 6.07) is 19.8. The highest BCUT2D eigenvalue weighted by molar-refractivity contribution is 7.80. The fourth-order valence-electron chi connectivity index (χ4n) is 2.47. The van der Waals surface area contributed by atoms with E-state index in [0.717, 1.165) is 5.56 Å². The first-order valence-electron chi connectivity index (χ1n) is 7.81. The van der Waals surface area contributed by atoms with Crippen molar-refractivity contribution >= 4 is 29.6 Å². The first-order chi connectivity index (χ1) is 11.8. The van der Waals surface area contributed by atoms with Crippen LogP contribution in [0.25, 0.3) is 10.8 Å². The van der Waals surface area contributed by atoms with Crippen molar-refractivity contribution in [3.8, 4) is 11.5 Å². The predicted molar refractivity (Wildman–Crippen MR) is 103 cm³/mol. The molecule has 0 heterocycles. The molecule has 0 aliphatic heterocycles. The number of phenols is 1. The van der Waals surface area contributed by atoms with E-state index in [0.29, 0.717) is 30.2 Å². The maximum Gasteiger partial charge on any atom is 0.166 e. The van der Waals surface area contributed by atoms with Crippen LogP contribution in [0.3, 0.4) is 0 Å². The minimum atomic E-state index is 0.112. The molecule has 24 heavy (non-hydrogen) atoms. The maximum atomic E-state index is 10.3. The Morgan fingerprint density at radius 3 is 2.67 bits per heavy atom. The fraction of sp³-hybridized carbons (Fsp3) is 0.150. The number of ether oxygens (including phenoxy) is 1. The molecule has 3 aromatic carbocycles. The summed E-state index contributed by atoms with van der Waals surface area (Å²) in [5.74, 6) is 1.24. The van der Waals surface area contributed by atoms with Gasteiger partial charge >= 0.3 is 0 Å². The Kier molecular flexibility index (Phi) is 5.39. The highest BCUT2D eigenvalue weighted by Crippen LogP contribution is 2.29. The van der Waals surface area contributed by atoms with Gasteiger partial charge in [-0.05, 0) is 34.5 Å². The van der Waals surface area contributed by atoms with Crippen LogP contribution in [0.15, 0.2) is 65.7 Å². The number of nitrogens with zero attached hydrogens (tertiary/aromatic N) is 1. The number of hydrogen-bond donors (Lipinski definition) is 2. The standard InChI is InChI=1S/C20H19NO2S/c22-20-18(13-21-10-11-24)6-3-7-19(20)23-14-15-8-9-16-4-1-2-5-17(16)12-15/h1-9,12-13,22,24H,10-11,14H2. The van der Waals surface area contributed by atoms with E-state index in [-0.39, 0.29) is 5.75 Å². The number of benzene rings is 3. The van der Waals surface area contributed by atoms with Crippen LogP contribution in [0.5, 0.6) is 11.5 Å². The van der Waals surface area contributed by atoms with Crippen molar-refractivity contribution in [3.05, 3.63) is 71.8 Å². The molecule has 4 heteroatoms. The van der Waals surface area contributed by atoms with Crippen LogP contribution in [0, 0.1) is 0 Å². The summed E-state index contributed by atoms with van der Waals surface area (Å²) in [7, 11) is 0. The van der Waals surface area contributed by atoms with E-state index in [1.165, 1.54) is 10.8 Å². The Balaban J connectivity index is 1.74. The second-order valence-corrected chi connectivity index (χ2v) is 5.87. The average Bonchev–Trinajstić information content (AvgIpc) is 2.62. The molecule has 1 N–H and O–H groups in total. The smallest absolute Gasteiger partial charge is 0.166 e. The number of thiol groups is 1. The van der Waals surface area contributed by atoms with Crippen LogP contribution in [0.1, 0.15) is 11.1 Å². The average molecular weight is 337 g/mol. The summed E-state index contributed by atoms with van der Waals surface area (Å²) in [4.78, 5) is 4.20. The zero-order valence-electron chi connectivity index (χ0n) is 13.2. The quantitative estimate of drug-likeness (QED) is 0.515. The number of fused-ring (bicyclic) bond motifs is 1. The molecule has 3 aromatic rings. The van der Waals surface area contributed by atoms with Crippen molar-refractivity contribution in [2.24, 2.45) is 4.99 Å². The van der Waals surface area contributed by atoms with E-state index in [9.17, 15) is 5.11 Å². The molecule has 0 unspecified atom stereocenters. The van der Waals surface area contributed by atoms with Crippen molar-refractivity contribution in [1.29, 1.82) is 0 Å². The molecule has 0 saturated carbocycles. The number of hydrogen-bond acceptors (Lipinski definition) is 4. The van der Waals surface area contributed by atoms with E-state index >= 15 is 0 Å². The summed E-state index contributed by atoms with van der Waals surface area (Å²) in [6.07, 6.45) is 1.65. The lowest BCUT2D eigenvalue weighted by Gasteiger charge is -2.10. The third-order valence-electron chi connectivity index (χ3n) is 3.70. The van der Waals surface area contributed by atoms with Crippen LogP contribution in [0.4, 0.5) is 0 Å². The number of phenolic OH excluding ortho intramolecular Hbond substituents is 1. The highest BCUT2D eigenvalue weighted by Gasteiger charge is 2.07. The lowest BCUT2D eigenvalue weighted by molar-refractivity contribution is 0.289. The minimum absolute atomic E-state index is 0.112. The van der Waals surface area contributed by atoms with Crippen LogP contribution >= 0.6 is 12.6 Å². The molecule has 0 spiro atoms. The van der Waals surface area contributed by atoms with Crippen LogP contribution in [0.2, 0.25) is 0 Å². The van der Waals surface area contributed by atoms with E-state index in [1.807, 2.05) is 24.3 Å². The third kappa shape index (κ3) is 3.89. The summed E-state index contributed by atoms with van der Waals surface area (Å²) in [6.45, 7) is 1.01. The van der Waals surface area contributed by atoms with Gasteiger partial charge in [0.15, 0.2) is 11.5 Å². The van der Waals surface area contributed by atoms with Gasteiger partial charge in [0.1, 0.15) is 6.61 Å². The van der Waals surface area contributed by atoms with E-state index < -0.39 is 0 Å². The van der Waals surface area contributed by atoms with Crippen LogP contribution in [-0.2, 0) is 6.61 Å². The molecule has 0 aliphatic rings. The topological polar surface area (TPSA) is 41.8 Å². The molecule has 0 amide bonds. The van der Waals surface area contributed by atoms with Crippen LogP contribution in [-0.4, -0.2) is 23.6 Å². The molecule has 3 nitrogen and oxygen atoms in total. The normalized spacial score (nSPS) is 11.2. The van der Waals surface area contributed by atoms with Gasteiger partial charge in [-0.2, -0.15) is 12.6 Å². The van der Waals surface area contributed by atoms with Gasteiger partial charge in [-0.15, -0.1) is 0 Å². The number of para-hydroxylation sites is 1. The Bertz CT molecular complexity index is 861. The fourth-order valence-corrected chi connectivity index (χ4v) is 2.59. The first kappa shape index (κ1) is 16.4. The van der Waals surface area contributed by atoms with Gasteiger partial charge in [0.2, 0.25) is 0 Å². The van der Waals surface area contributed by atoms with Gasteiger partial charge in [-0.1, -0.05) is 42.5 Å². The number of aliphatic imine (C=N–C) groups is 1. The lowest BCUT2D eigenvalue weighted by Crippen LogP contribution is -1.97. The van der Waals surface area contributed by atoms with Gasteiger partial charge < -0.3 is 9.84 Å². The van der Waals surface area contributed by atoms with E-state index in [4.69, 9.17) is 4.74 Å². The molecular weight excluding hydrogens is 318 g/mol. The van der Waals surface area contributed by atoms with Gasteiger partial charge in [0.05, 0.1) is 0 Å². The molecule has 0 radical (unpaired) electrons. The van der Waals surface area contributed by atoms with Gasteiger partial charge in [0.25, 0.3) is 0 Å². The zero-order valence-corrected chi connectivity index (χ0v) is 14.1. The molecule has 0 atom stereocenters. The van der Waals surface area contributed by atoms with Gasteiger partial charge in [-0.25, -0.2) is 0 Å². The second-order valence-electron chi connectivity index (χ2n) is 5.42. The second kappa shape index (κ2) is 7.88. The Morgan fingerprint density at radius 1 is 1.00 bits per heavy atom. The molecule has 0 aromatic heterocycles. The van der Waals surface area contributed by atoms with Crippen molar-refractivity contribution in [2.75, 3.05) is 12.3 Å². The molecule has 0 fully saturated rings. The Morgan fingerprint density at radius 2 is 1.83 bits per heavy atom. The largest absolute Gasteiger partial charge is 0.504 e. The predicted octanol–water partition coefficient (Wildman–Crippen LogP) is 4.47. The zero-order chi connectivity index (χ0) is 16.8. The van der Waals surface area contributed by atoms with Gasteiger partial charge in [0, 0.05) is 24.1 Å². The highest BCUT2D eigenvalue weighted by atomic mass is 32.1. The van der Waals surface area contributed by atoms with Crippen molar-refractivity contribution in [1.82, 2.24) is 0 Å². The molecular formula is C20H19NO2S. The summed E-state index contributed by atoms with van der Waals surface area (Å²) in [5.41, 5.74) is 1.70. The summed E-state index contributed by atoms with van der Waals surface area (Å²) >= 11 is 4.11. The lowest BCUT2D eigenvalue weighted by atomic mass is 10.1. The van der Waals surface area contributed by atoms with E-state index in [2.05, 4.69) is 41.9 Å².